The predicted octanol–water partition coefficient (Wildman–Crippen LogP) is 4.78. The van der Waals surface area contributed by atoms with Gasteiger partial charge in [-0.25, -0.2) is 9.67 Å². The van der Waals surface area contributed by atoms with Gasteiger partial charge in [0.25, 0.3) is 5.95 Å². The molecule has 2 heterocycles. The number of halogens is 1. The van der Waals surface area contributed by atoms with E-state index < -0.39 is 19.8 Å². The van der Waals surface area contributed by atoms with Crippen molar-refractivity contribution in [3.63, 3.8) is 0 Å². The number of nitrogens with zero attached hydrogens (tertiary/aromatic N) is 3. The SMILES string of the molecule is COc1ccc(-c2nn(COCC[Si](C)(C)C)cc2-c2ccc(O)c(F)n2)cc1. The highest BCUT2D eigenvalue weighted by atomic mass is 28.3. The maximum atomic E-state index is 13.8. The van der Waals surface area contributed by atoms with Crippen molar-refractivity contribution in [2.45, 2.75) is 32.4 Å². The number of benzene rings is 1. The lowest BCUT2D eigenvalue weighted by molar-refractivity contribution is 0.0788. The summed E-state index contributed by atoms with van der Waals surface area (Å²) in [5.41, 5.74) is 2.54. The monoisotopic (exact) mass is 415 g/mol. The van der Waals surface area contributed by atoms with E-state index in [0.717, 1.165) is 17.4 Å². The molecule has 0 spiro atoms. The van der Waals surface area contributed by atoms with Crippen LogP contribution in [0.2, 0.25) is 25.7 Å². The van der Waals surface area contributed by atoms with Gasteiger partial charge in [-0.15, -0.1) is 0 Å². The molecule has 0 atom stereocenters. The molecule has 0 aliphatic carbocycles. The van der Waals surface area contributed by atoms with E-state index in [1.807, 2.05) is 24.3 Å². The first-order chi connectivity index (χ1) is 13.8. The first kappa shape index (κ1) is 21.0. The number of hydrogen-bond donors (Lipinski definition) is 1. The predicted molar refractivity (Wildman–Crippen MR) is 113 cm³/mol. The number of ether oxygens (including phenoxy) is 2. The van der Waals surface area contributed by atoms with Crippen molar-refractivity contribution in [1.82, 2.24) is 14.8 Å². The molecule has 0 saturated heterocycles. The highest BCUT2D eigenvalue weighted by Gasteiger charge is 2.17. The van der Waals surface area contributed by atoms with Crippen LogP contribution in [-0.2, 0) is 11.5 Å². The van der Waals surface area contributed by atoms with Crippen molar-refractivity contribution in [2.75, 3.05) is 13.7 Å². The third-order valence-corrected chi connectivity index (χ3v) is 6.15. The van der Waals surface area contributed by atoms with E-state index in [2.05, 4.69) is 29.7 Å². The molecule has 154 valence electrons. The lowest BCUT2D eigenvalue weighted by Crippen LogP contribution is -2.22. The molecule has 3 rings (SSSR count). The van der Waals surface area contributed by atoms with Crippen LogP contribution in [0.5, 0.6) is 11.5 Å². The van der Waals surface area contributed by atoms with E-state index >= 15 is 0 Å². The van der Waals surface area contributed by atoms with Crippen molar-refractivity contribution in [2.24, 2.45) is 0 Å². The molecule has 6 nitrogen and oxygen atoms in total. The Balaban J connectivity index is 1.91. The summed E-state index contributed by atoms with van der Waals surface area (Å²) in [6.07, 6.45) is 1.78. The fourth-order valence-electron chi connectivity index (χ4n) is 2.75. The van der Waals surface area contributed by atoms with Crippen LogP contribution in [0.4, 0.5) is 4.39 Å². The maximum absolute atomic E-state index is 13.8. The minimum absolute atomic E-state index is 0.300. The fourth-order valence-corrected chi connectivity index (χ4v) is 3.51. The number of methoxy groups -OCH3 is 1. The molecular weight excluding hydrogens is 389 g/mol. The summed E-state index contributed by atoms with van der Waals surface area (Å²) in [6, 6.07) is 11.4. The second kappa shape index (κ2) is 8.75. The minimum Gasteiger partial charge on any atom is -0.504 e. The minimum atomic E-state index is -1.17. The Kier molecular flexibility index (Phi) is 6.34. The normalized spacial score (nSPS) is 11.6. The Labute approximate surface area is 170 Å². The van der Waals surface area contributed by atoms with Crippen LogP contribution >= 0.6 is 0 Å². The Hall–Kier alpha value is -2.71. The second-order valence-electron chi connectivity index (χ2n) is 8.01. The van der Waals surface area contributed by atoms with Crippen LogP contribution in [0.15, 0.2) is 42.6 Å². The topological polar surface area (TPSA) is 69.4 Å². The Morgan fingerprint density at radius 2 is 1.83 bits per heavy atom. The summed E-state index contributed by atoms with van der Waals surface area (Å²) in [5.74, 6) is -0.664. The van der Waals surface area contributed by atoms with Gasteiger partial charge in [-0.2, -0.15) is 9.49 Å². The average molecular weight is 416 g/mol. The van der Waals surface area contributed by atoms with Gasteiger partial charge >= 0.3 is 0 Å². The van der Waals surface area contributed by atoms with E-state index in [9.17, 15) is 9.50 Å². The largest absolute Gasteiger partial charge is 0.504 e. The molecule has 8 heteroatoms. The first-order valence-electron chi connectivity index (χ1n) is 9.42. The van der Waals surface area contributed by atoms with Gasteiger partial charge in [0.15, 0.2) is 5.75 Å². The highest BCUT2D eigenvalue weighted by Crippen LogP contribution is 2.32. The number of aromatic nitrogens is 3. The fraction of sp³-hybridized carbons (Fsp3) is 0.333. The number of pyridine rings is 1. The zero-order valence-electron chi connectivity index (χ0n) is 17.1. The summed E-state index contributed by atoms with van der Waals surface area (Å²) >= 11 is 0. The van der Waals surface area contributed by atoms with E-state index in [0.29, 0.717) is 30.3 Å². The lowest BCUT2D eigenvalue weighted by Gasteiger charge is -2.15. The van der Waals surface area contributed by atoms with Crippen molar-refractivity contribution in [3.05, 3.63) is 48.5 Å². The van der Waals surface area contributed by atoms with Crippen LogP contribution in [0.1, 0.15) is 0 Å². The van der Waals surface area contributed by atoms with Crippen molar-refractivity contribution in [3.8, 4) is 34.0 Å². The highest BCUT2D eigenvalue weighted by molar-refractivity contribution is 6.76. The van der Waals surface area contributed by atoms with Crippen molar-refractivity contribution in [1.29, 1.82) is 0 Å². The standard InChI is InChI=1S/C21H26FN3O3Si/c1-27-16-7-5-15(6-8-16)20-17(18-9-10-19(26)21(22)23-18)13-25(24-20)14-28-11-12-29(2,3)4/h5-10,13,26H,11-12,14H2,1-4H3. The Morgan fingerprint density at radius 3 is 2.45 bits per heavy atom. The molecule has 0 fully saturated rings. The third-order valence-electron chi connectivity index (χ3n) is 4.45. The number of rotatable bonds is 8. The van der Waals surface area contributed by atoms with Crippen molar-refractivity contribution >= 4 is 8.07 Å². The second-order valence-corrected chi connectivity index (χ2v) is 13.6. The molecular formula is C21H26FN3O3Si. The van der Waals surface area contributed by atoms with E-state index in [1.54, 1.807) is 24.1 Å². The summed E-state index contributed by atoms with van der Waals surface area (Å²) in [6.45, 7) is 7.88. The van der Waals surface area contributed by atoms with Gasteiger partial charge in [0.1, 0.15) is 18.2 Å². The third kappa shape index (κ3) is 5.42. The van der Waals surface area contributed by atoms with Gasteiger partial charge < -0.3 is 14.6 Å². The van der Waals surface area contributed by atoms with Crippen molar-refractivity contribution < 1.29 is 19.0 Å². The van der Waals surface area contributed by atoms with Gasteiger partial charge in [0.05, 0.1) is 12.8 Å². The summed E-state index contributed by atoms with van der Waals surface area (Å²) in [4.78, 5) is 3.87. The van der Waals surface area contributed by atoms with Gasteiger partial charge in [-0.1, -0.05) is 19.6 Å². The lowest BCUT2D eigenvalue weighted by atomic mass is 10.1. The molecule has 0 aliphatic heterocycles. The molecule has 0 saturated carbocycles. The number of aromatic hydroxyl groups is 1. The molecule has 29 heavy (non-hydrogen) atoms. The zero-order valence-corrected chi connectivity index (χ0v) is 18.1. The van der Waals surface area contributed by atoms with Gasteiger partial charge in [-0.05, 0) is 42.4 Å². The molecule has 0 aliphatic rings. The van der Waals surface area contributed by atoms with Gasteiger partial charge in [0.2, 0.25) is 0 Å². The zero-order chi connectivity index (χ0) is 21.0. The average Bonchev–Trinajstić information content (AvgIpc) is 3.11. The molecule has 3 aromatic rings. The van der Waals surface area contributed by atoms with E-state index in [-0.39, 0.29) is 0 Å². The Bertz CT molecular complexity index is 968. The van der Waals surface area contributed by atoms with Crippen LogP contribution < -0.4 is 4.74 Å². The number of hydrogen-bond acceptors (Lipinski definition) is 5. The Morgan fingerprint density at radius 1 is 1.10 bits per heavy atom. The molecule has 0 radical (unpaired) electrons. The quantitative estimate of drug-likeness (QED) is 0.326. The first-order valence-corrected chi connectivity index (χ1v) is 13.1. The van der Waals surface area contributed by atoms with E-state index in [4.69, 9.17) is 9.47 Å². The molecule has 0 amide bonds. The smallest absolute Gasteiger partial charge is 0.255 e. The molecule has 1 aromatic carbocycles. The van der Waals surface area contributed by atoms with Crippen LogP contribution in [0.3, 0.4) is 0 Å². The van der Waals surface area contributed by atoms with E-state index in [1.165, 1.54) is 6.07 Å². The van der Waals surface area contributed by atoms with Gasteiger partial charge in [0, 0.05) is 32.0 Å². The van der Waals surface area contributed by atoms with Crippen LogP contribution in [0.25, 0.3) is 22.5 Å². The van der Waals surface area contributed by atoms with Crippen LogP contribution in [-0.4, -0.2) is 41.7 Å². The maximum Gasteiger partial charge on any atom is 0.255 e. The molecule has 0 bridgehead atoms. The molecule has 0 unspecified atom stereocenters. The summed E-state index contributed by atoms with van der Waals surface area (Å²) in [7, 11) is 0.438. The summed E-state index contributed by atoms with van der Waals surface area (Å²) in [5, 5.41) is 14.1. The van der Waals surface area contributed by atoms with Gasteiger partial charge in [-0.3, -0.25) is 0 Å². The molecule has 2 aromatic heterocycles. The van der Waals surface area contributed by atoms with Crippen LogP contribution in [0, 0.1) is 5.95 Å². The molecule has 1 N–H and O–H groups in total. The summed E-state index contributed by atoms with van der Waals surface area (Å²) < 4.78 is 26.5.